The topological polar surface area (TPSA) is 72.7 Å². The van der Waals surface area contributed by atoms with Crippen molar-refractivity contribution in [2.75, 3.05) is 38.2 Å². The predicted octanol–water partition coefficient (Wildman–Crippen LogP) is 5.43. The van der Waals surface area contributed by atoms with Crippen molar-refractivity contribution >= 4 is 22.5 Å². The van der Waals surface area contributed by atoms with E-state index in [0.29, 0.717) is 47.6 Å². The molecule has 0 bridgehead atoms. The van der Waals surface area contributed by atoms with Gasteiger partial charge in [-0.05, 0) is 93.4 Å². The van der Waals surface area contributed by atoms with Crippen LogP contribution in [0.1, 0.15) is 48.8 Å². The van der Waals surface area contributed by atoms with Crippen molar-refractivity contribution in [1.82, 2.24) is 14.8 Å². The molecule has 3 atom stereocenters. The normalized spacial score (nSPS) is 23.0. The van der Waals surface area contributed by atoms with Gasteiger partial charge >= 0.3 is 0 Å². The number of nitriles is 1. The van der Waals surface area contributed by atoms with Crippen molar-refractivity contribution in [1.29, 1.82) is 5.26 Å². The summed E-state index contributed by atoms with van der Waals surface area (Å²) in [7, 11) is 2.11. The smallest absolute Gasteiger partial charge is 0.246 e. The van der Waals surface area contributed by atoms with Crippen LogP contribution >= 0.6 is 0 Å². The number of aryl methyl sites for hydroxylation is 1. The number of fused-ring (bicyclic) bond motifs is 3. The molecule has 8 heteroatoms. The second-order valence-corrected chi connectivity index (χ2v) is 12.5. The average Bonchev–Trinajstić information content (AvgIpc) is 3.58. The number of hydrogen-bond acceptors (Lipinski definition) is 6. The fraction of sp³-hybridized carbons (Fsp3) is 0.457. The zero-order chi connectivity index (χ0) is 29.7. The van der Waals surface area contributed by atoms with Gasteiger partial charge in [0.2, 0.25) is 11.8 Å². The van der Waals surface area contributed by atoms with Gasteiger partial charge < -0.3 is 19.4 Å². The monoisotopic (exact) mass is 579 g/mol. The first kappa shape index (κ1) is 27.8. The molecule has 0 N–H and O–H groups in total. The van der Waals surface area contributed by atoms with Gasteiger partial charge in [-0.15, -0.1) is 0 Å². The number of amides is 1. The Morgan fingerprint density at radius 1 is 1.16 bits per heavy atom. The Kier molecular flexibility index (Phi) is 7.30. The number of halogens is 1. The lowest BCUT2D eigenvalue weighted by molar-refractivity contribution is -0.127. The molecule has 0 spiro atoms. The maximum absolute atomic E-state index is 16.2. The molecule has 4 heterocycles. The highest BCUT2D eigenvalue weighted by Crippen LogP contribution is 2.45. The van der Waals surface area contributed by atoms with Crippen LogP contribution in [0.4, 0.5) is 10.1 Å². The number of benzene rings is 2. The van der Waals surface area contributed by atoms with Gasteiger partial charge in [0.1, 0.15) is 12.4 Å². The second-order valence-electron chi connectivity index (χ2n) is 12.5. The number of aromatic nitrogens is 1. The molecule has 1 amide bonds. The minimum Gasteiger partial charge on any atom is -0.476 e. The van der Waals surface area contributed by atoms with Crippen molar-refractivity contribution in [3.8, 4) is 23.1 Å². The Morgan fingerprint density at radius 3 is 2.81 bits per heavy atom. The van der Waals surface area contributed by atoms with Crippen LogP contribution in [-0.2, 0) is 24.1 Å². The zero-order valence-corrected chi connectivity index (χ0v) is 24.8. The third-order valence-corrected chi connectivity index (χ3v) is 10.2. The van der Waals surface area contributed by atoms with E-state index in [1.54, 1.807) is 6.07 Å². The summed E-state index contributed by atoms with van der Waals surface area (Å²) in [5.41, 5.74) is 6.22. The number of pyridine rings is 1. The Balaban J connectivity index is 1.36. The molecule has 3 saturated heterocycles. The van der Waals surface area contributed by atoms with E-state index in [0.717, 1.165) is 62.7 Å². The van der Waals surface area contributed by atoms with Crippen LogP contribution in [-0.4, -0.2) is 72.1 Å². The van der Waals surface area contributed by atoms with Crippen molar-refractivity contribution in [3.63, 3.8) is 0 Å². The molecule has 3 fully saturated rings. The fourth-order valence-corrected chi connectivity index (χ4v) is 7.84. The Labute approximate surface area is 252 Å². The van der Waals surface area contributed by atoms with Gasteiger partial charge in [-0.2, -0.15) is 5.26 Å². The van der Waals surface area contributed by atoms with Crippen molar-refractivity contribution in [2.24, 2.45) is 0 Å². The van der Waals surface area contributed by atoms with Crippen LogP contribution in [0.25, 0.3) is 22.0 Å². The van der Waals surface area contributed by atoms with Gasteiger partial charge in [0, 0.05) is 30.1 Å². The molecule has 0 radical (unpaired) electrons. The molecule has 0 saturated carbocycles. The highest BCUT2D eigenvalue weighted by molar-refractivity contribution is 5.98. The van der Waals surface area contributed by atoms with Gasteiger partial charge in [-0.1, -0.05) is 24.8 Å². The first-order chi connectivity index (χ1) is 21.0. The molecule has 1 aromatic heterocycles. The van der Waals surface area contributed by atoms with E-state index in [2.05, 4.69) is 35.6 Å². The van der Waals surface area contributed by atoms with Crippen molar-refractivity contribution < 1.29 is 13.9 Å². The standard InChI is InChI=1S/C35H38FN5O2/c1-3-33(42)40-17-14-31-32(40)20-41(31)34-26(13-15-37)35(43-21-23-10-7-16-39(23)2)38-30-19-27(29(36)18-28(30)34)25-12-6-9-22-8-4-5-11-24(22)25/h3,6,9,12,18-19,23,31-32H,1,4-5,7-8,10-11,13-14,16-17,20-21H2,2H3/t23?,31-,32-/m1/s1. The number of rotatable bonds is 7. The summed E-state index contributed by atoms with van der Waals surface area (Å²) in [4.78, 5) is 23.9. The number of likely N-dealkylation sites (N-methyl/N-ethyl adjacent to an activating group) is 1. The van der Waals surface area contributed by atoms with Crippen LogP contribution < -0.4 is 9.64 Å². The maximum atomic E-state index is 16.2. The van der Waals surface area contributed by atoms with E-state index in [1.807, 2.05) is 23.1 Å². The molecular formula is C35H38FN5O2. The van der Waals surface area contributed by atoms with Gasteiger partial charge in [0.15, 0.2) is 0 Å². The van der Waals surface area contributed by atoms with Gasteiger partial charge in [-0.25, -0.2) is 9.37 Å². The largest absolute Gasteiger partial charge is 0.476 e. The Bertz CT molecular complexity index is 1650. The summed E-state index contributed by atoms with van der Waals surface area (Å²) < 4.78 is 22.7. The number of nitrogens with zero attached hydrogens (tertiary/aromatic N) is 5. The van der Waals surface area contributed by atoms with Gasteiger partial charge in [-0.3, -0.25) is 4.79 Å². The second kappa shape index (κ2) is 11.3. The molecule has 2 aromatic carbocycles. The number of anilines is 1. The van der Waals surface area contributed by atoms with Crippen LogP contribution in [0.2, 0.25) is 0 Å². The van der Waals surface area contributed by atoms with Crippen LogP contribution in [0.5, 0.6) is 5.88 Å². The average molecular weight is 580 g/mol. The van der Waals surface area contributed by atoms with E-state index in [9.17, 15) is 10.1 Å². The molecule has 1 unspecified atom stereocenters. The third kappa shape index (κ3) is 4.75. The Morgan fingerprint density at radius 2 is 2.02 bits per heavy atom. The summed E-state index contributed by atoms with van der Waals surface area (Å²) in [5.74, 6) is 0.110. The highest BCUT2D eigenvalue weighted by Gasteiger charge is 2.49. The highest BCUT2D eigenvalue weighted by atomic mass is 19.1. The molecular weight excluding hydrogens is 541 g/mol. The number of likely N-dealkylation sites (tertiary alicyclic amines) is 2. The Hall–Kier alpha value is -3.96. The summed E-state index contributed by atoms with van der Waals surface area (Å²) >= 11 is 0. The number of hydrogen-bond donors (Lipinski definition) is 0. The first-order valence-electron chi connectivity index (χ1n) is 15.7. The van der Waals surface area contributed by atoms with Gasteiger partial charge in [0.25, 0.3) is 0 Å². The zero-order valence-electron chi connectivity index (χ0n) is 24.8. The number of ether oxygens (including phenoxy) is 1. The lowest BCUT2D eigenvalue weighted by Crippen LogP contribution is -2.63. The fourth-order valence-electron chi connectivity index (χ4n) is 7.84. The van der Waals surface area contributed by atoms with Crippen LogP contribution in [0, 0.1) is 17.1 Å². The van der Waals surface area contributed by atoms with E-state index in [1.165, 1.54) is 17.2 Å². The van der Waals surface area contributed by atoms with Crippen molar-refractivity contribution in [2.45, 2.75) is 69.5 Å². The van der Waals surface area contributed by atoms with E-state index in [-0.39, 0.29) is 36.3 Å². The quantitative estimate of drug-likeness (QED) is 0.348. The third-order valence-electron chi connectivity index (χ3n) is 10.2. The van der Waals surface area contributed by atoms with E-state index < -0.39 is 0 Å². The lowest BCUT2D eigenvalue weighted by atomic mass is 9.85. The minimum atomic E-state index is -0.286. The molecule has 7 nitrogen and oxygen atoms in total. The molecule has 1 aliphatic carbocycles. The molecule has 43 heavy (non-hydrogen) atoms. The summed E-state index contributed by atoms with van der Waals surface area (Å²) in [6, 6.07) is 12.5. The summed E-state index contributed by atoms with van der Waals surface area (Å²) in [6.45, 7) is 6.47. The summed E-state index contributed by atoms with van der Waals surface area (Å²) in [6.07, 6.45) is 8.71. The van der Waals surface area contributed by atoms with E-state index in [4.69, 9.17) is 9.72 Å². The first-order valence-corrected chi connectivity index (χ1v) is 15.7. The van der Waals surface area contributed by atoms with E-state index >= 15 is 4.39 Å². The molecule has 3 aromatic rings. The van der Waals surface area contributed by atoms with Crippen molar-refractivity contribution in [3.05, 3.63) is 65.5 Å². The predicted molar refractivity (Wildman–Crippen MR) is 166 cm³/mol. The molecule has 7 rings (SSSR count). The van der Waals surface area contributed by atoms with Crippen LogP contribution in [0.3, 0.4) is 0 Å². The maximum Gasteiger partial charge on any atom is 0.246 e. The molecule has 222 valence electrons. The van der Waals surface area contributed by atoms with Crippen LogP contribution in [0.15, 0.2) is 43.0 Å². The lowest BCUT2D eigenvalue weighted by Gasteiger charge is -2.49. The van der Waals surface area contributed by atoms with Gasteiger partial charge in [0.05, 0.1) is 41.3 Å². The molecule has 3 aliphatic heterocycles. The summed E-state index contributed by atoms with van der Waals surface area (Å²) in [5, 5.41) is 10.6. The number of carbonyl (C=O) groups is 1. The SMILES string of the molecule is C=CC(=O)N1CC[C@@H]2[C@H]1CN2c1c(CC#N)c(OCC2CCCN2C)nc2cc(-c3cccc4c3CCCC4)c(F)cc12. The number of carbonyl (C=O) groups excluding carboxylic acids is 1. The minimum absolute atomic E-state index is 0.0597. The molecule has 4 aliphatic rings.